The molecule has 2 aromatic carbocycles. The molecule has 0 unspecified atom stereocenters. The Morgan fingerprint density at radius 2 is 1.60 bits per heavy atom. The SMILES string of the molecule is CCC1CCN(CCCc2ccc(COc3ccccc3)cc2)CC1. The smallest absolute Gasteiger partial charge is 0.119 e. The van der Waals surface area contributed by atoms with Gasteiger partial charge in [-0.15, -0.1) is 0 Å². The first kappa shape index (κ1) is 18.0. The van der Waals surface area contributed by atoms with E-state index in [9.17, 15) is 0 Å². The second-order valence-corrected chi connectivity index (χ2v) is 7.22. The second-order valence-electron chi connectivity index (χ2n) is 7.22. The van der Waals surface area contributed by atoms with Crippen LogP contribution in [0.15, 0.2) is 54.6 Å². The highest BCUT2D eigenvalue weighted by Gasteiger charge is 2.16. The topological polar surface area (TPSA) is 12.5 Å². The zero-order valence-corrected chi connectivity index (χ0v) is 15.5. The molecule has 1 aliphatic heterocycles. The average molecular weight is 338 g/mol. The molecule has 3 rings (SSSR count). The standard InChI is InChI=1S/C23H31NO/c1-2-20-14-17-24(18-15-20)16-6-7-21-10-12-22(13-11-21)19-25-23-8-4-3-5-9-23/h3-5,8-13,20H,2,6-7,14-19H2,1H3. The summed E-state index contributed by atoms with van der Waals surface area (Å²) in [4.78, 5) is 2.65. The summed E-state index contributed by atoms with van der Waals surface area (Å²) in [7, 11) is 0. The molecule has 0 aromatic heterocycles. The lowest BCUT2D eigenvalue weighted by atomic mass is 9.94. The van der Waals surface area contributed by atoms with Crippen molar-refractivity contribution in [2.45, 2.75) is 45.6 Å². The molecule has 0 atom stereocenters. The zero-order chi connectivity index (χ0) is 17.3. The van der Waals surface area contributed by atoms with E-state index in [1.807, 2.05) is 30.3 Å². The Morgan fingerprint density at radius 1 is 0.920 bits per heavy atom. The van der Waals surface area contributed by atoms with Gasteiger partial charge in [-0.2, -0.15) is 0 Å². The molecular formula is C23H31NO. The Bertz CT molecular complexity index is 600. The fraction of sp³-hybridized carbons (Fsp3) is 0.478. The van der Waals surface area contributed by atoms with Crippen LogP contribution in [-0.4, -0.2) is 24.5 Å². The summed E-state index contributed by atoms with van der Waals surface area (Å²) in [6, 6.07) is 18.9. The lowest BCUT2D eigenvalue weighted by Crippen LogP contribution is -2.34. The number of likely N-dealkylation sites (tertiary alicyclic amines) is 1. The van der Waals surface area contributed by atoms with E-state index < -0.39 is 0 Å². The summed E-state index contributed by atoms with van der Waals surface area (Å²) < 4.78 is 5.80. The van der Waals surface area contributed by atoms with Crippen LogP contribution in [0.1, 0.15) is 43.7 Å². The van der Waals surface area contributed by atoms with Crippen LogP contribution in [0.25, 0.3) is 0 Å². The first-order valence-electron chi connectivity index (χ1n) is 9.81. The molecule has 0 bridgehead atoms. The Kier molecular flexibility index (Phi) is 6.93. The van der Waals surface area contributed by atoms with Gasteiger partial charge >= 0.3 is 0 Å². The van der Waals surface area contributed by atoms with Gasteiger partial charge in [0.05, 0.1) is 0 Å². The third-order valence-electron chi connectivity index (χ3n) is 5.40. The number of benzene rings is 2. The van der Waals surface area contributed by atoms with E-state index in [-0.39, 0.29) is 0 Å². The maximum absolute atomic E-state index is 5.80. The first-order chi connectivity index (χ1) is 12.3. The number of nitrogens with zero attached hydrogens (tertiary/aromatic N) is 1. The van der Waals surface area contributed by atoms with Crippen molar-refractivity contribution >= 4 is 0 Å². The first-order valence-corrected chi connectivity index (χ1v) is 9.81. The molecule has 1 saturated heterocycles. The summed E-state index contributed by atoms with van der Waals surface area (Å²) in [5, 5.41) is 0. The Hall–Kier alpha value is -1.80. The van der Waals surface area contributed by atoms with Crippen LogP contribution in [-0.2, 0) is 13.0 Å². The number of ether oxygens (including phenoxy) is 1. The van der Waals surface area contributed by atoms with Crippen molar-refractivity contribution in [3.05, 3.63) is 65.7 Å². The number of hydrogen-bond donors (Lipinski definition) is 0. The van der Waals surface area contributed by atoms with Crippen LogP contribution < -0.4 is 4.74 Å². The molecule has 0 spiro atoms. The van der Waals surface area contributed by atoms with Crippen LogP contribution in [0.3, 0.4) is 0 Å². The number of rotatable bonds is 8. The summed E-state index contributed by atoms with van der Waals surface area (Å²) in [6.45, 7) is 6.81. The third-order valence-corrected chi connectivity index (χ3v) is 5.40. The second kappa shape index (κ2) is 9.62. The fourth-order valence-corrected chi connectivity index (χ4v) is 3.61. The molecule has 0 radical (unpaired) electrons. The van der Waals surface area contributed by atoms with E-state index in [1.165, 1.54) is 62.9 Å². The lowest BCUT2D eigenvalue weighted by Gasteiger charge is -2.31. The molecule has 0 amide bonds. The summed E-state index contributed by atoms with van der Waals surface area (Å²) in [5.41, 5.74) is 2.67. The van der Waals surface area contributed by atoms with Gasteiger partial charge in [-0.05, 0) is 74.5 Å². The minimum absolute atomic E-state index is 0.636. The van der Waals surface area contributed by atoms with Crippen molar-refractivity contribution in [1.29, 1.82) is 0 Å². The molecular weight excluding hydrogens is 306 g/mol. The number of para-hydroxylation sites is 1. The van der Waals surface area contributed by atoms with Crippen molar-refractivity contribution in [2.24, 2.45) is 5.92 Å². The van der Waals surface area contributed by atoms with Crippen molar-refractivity contribution < 1.29 is 4.74 Å². The van der Waals surface area contributed by atoms with Gasteiger partial charge in [0.1, 0.15) is 12.4 Å². The van der Waals surface area contributed by atoms with E-state index in [4.69, 9.17) is 4.74 Å². The molecule has 1 fully saturated rings. The van der Waals surface area contributed by atoms with E-state index in [2.05, 4.69) is 36.1 Å². The van der Waals surface area contributed by atoms with Crippen LogP contribution in [0.4, 0.5) is 0 Å². The molecule has 2 nitrogen and oxygen atoms in total. The Morgan fingerprint density at radius 3 is 2.28 bits per heavy atom. The van der Waals surface area contributed by atoms with Crippen LogP contribution in [0, 0.1) is 5.92 Å². The lowest BCUT2D eigenvalue weighted by molar-refractivity contribution is 0.180. The summed E-state index contributed by atoms with van der Waals surface area (Å²) in [6.07, 6.45) is 6.58. The highest BCUT2D eigenvalue weighted by Crippen LogP contribution is 2.20. The van der Waals surface area contributed by atoms with Crippen LogP contribution >= 0.6 is 0 Å². The van der Waals surface area contributed by atoms with Crippen LogP contribution in [0.5, 0.6) is 5.75 Å². The maximum atomic E-state index is 5.80. The molecule has 134 valence electrons. The molecule has 1 aliphatic rings. The van der Waals surface area contributed by atoms with E-state index in [0.717, 1.165) is 11.7 Å². The van der Waals surface area contributed by atoms with E-state index in [0.29, 0.717) is 6.61 Å². The van der Waals surface area contributed by atoms with Crippen molar-refractivity contribution in [3.63, 3.8) is 0 Å². The third kappa shape index (κ3) is 5.89. The van der Waals surface area contributed by atoms with Crippen molar-refractivity contribution in [1.82, 2.24) is 4.90 Å². The van der Waals surface area contributed by atoms with Gasteiger partial charge in [0.25, 0.3) is 0 Å². The normalized spacial score (nSPS) is 16.0. The largest absolute Gasteiger partial charge is 0.489 e. The van der Waals surface area contributed by atoms with Gasteiger partial charge in [0.15, 0.2) is 0 Å². The molecule has 0 N–H and O–H groups in total. The van der Waals surface area contributed by atoms with Crippen LogP contribution in [0.2, 0.25) is 0 Å². The summed E-state index contributed by atoms with van der Waals surface area (Å²) >= 11 is 0. The molecule has 0 aliphatic carbocycles. The van der Waals surface area contributed by atoms with Crippen molar-refractivity contribution in [3.8, 4) is 5.75 Å². The predicted octanol–water partition coefficient (Wildman–Crippen LogP) is 5.32. The Balaban J connectivity index is 1.36. The van der Waals surface area contributed by atoms with E-state index >= 15 is 0 Å². The predicted molar refractivity (Wildman–Crippen MR) is 105 cm³/mol. The monoisotopic (exact) mass is 337 g/mol. The molecule has 25 heavy (non-hydrogen) atoms. The van der Waals surface area contributed by atoms with Gasteiger partial charge in [0.2, 0.25) is 0 Å². The number of aryl methyl sites for hydroxylation is 1. The maximum Gasteiger partial charge on any atom is 0.119 e. The molecule has 2 aromatic rings. The van der Waals surface area contributed by atoms with E-state index in [1.54, 1.807) is 0 Å². The minimum atomic E-state index is 0.636. The molecule has 1 heterocycles. The molecule has 2 heteroatoms. The fourth-order valence-electron chi connectivity index (χ4n) is 3.61. The van der Waals surface area contributed by atoms with Gasteiger partial charge in [0, 0.05) is 0 Å². The Labute approximate surface area is 152 Å². The average Bonchev–Trinajstić information content (AvgIpc) is 2.69. The van der Waals surface area contributed by atoms with Crippen molar-refractivity contribution in [2.75, 3.05) is 19.6 Å². The van der Waals surface area contributed by atoms with Gasteiger partial charge in [-0.3, -0.25) is 0 Å². The van der Waals surface area contributed by atoms with Gasteiger partial charge < -0.3 is 9.64 Å². The zero-order valence-electron chi connectivity index (χ0n) is 15.5. The summed E-state index contributed by atoms with van der Waals surface area (Å²) in [5.74, 6) is 1.90. The number of hydrogen-bond acceptors (Lipinski definition) is 2. The van der Waals surface area contributed by atoms with Gasteiger partial charge in [-0.25, -0.2) is 0 Å². The van der Waals surface area contributed by atoms with Gasteiger partial charge in [-0.1, -0.05) is 55.8 Å². The number of piperidine rings is 1. The minimum Gasteiger partial charge on any atom is -0.489 e. The quantitative estimate of drug-likeness (QED) is 0.646. The highest BCUT2D eigenvalue weighted by atomic mass is 16.5. The highest BCUT2D eigenvalue weighted by molar-refractivity contribution is 5.24. The molecule has 0 saturated carbocycles.